The van der Waals surface area contributed by atoms with Gasteiger partial charge in [0.2, 0.25) is 0 Å². The first-order valence-corrected chi connectivity index (χ1v) is 11.2. The van der Waals surface area contributed by atoms with E-state index in [0.29, 0.717) is 11.1 Å². The molecule has 0 bridgehead atoms. The van der Waals surface area contributed by atoms with Crippen molar-refractivity contribution in [3.8, 4) is 0 Å². The molecule has 0 aromatic heterocycles. The van der Waals surface area contributed by atoms with Gasteiger partial charge in [-0.15, -0.1) is 15.9 Å². The van der Waals surface area contributed by atoms with E-state index in [2.05, 4.69) is 16.6 Å². The lowest BCUT2D eigenvalue weighted by Crippen LogP contribution is -2.24. The molecule has 0 saturated carbocycles. The molecule has 0 amide bonds. The van der Waals surface area contributed by atoms with Crippen molar-refractivity contribution < 1.29 is 33.6 Å². The second-order valence-corrected chi connectivity index (χ2v) is 10.6. The van der Waals surface area contributed by atoms with Crippen LogP contribution in [0.4, 0.5) is 0 Å². The molecule has 2 atom stereocenters. The fourth-order valence-electron chi connectivity index (χ4n) is 2.25. The smallest absolute Gasteiger partial charge is 0.388 e. The predicted octanol–water partition coefficient (Wildman–Crippen LogP) is 5.91. The summed E-state index contributed by atoms with van der Waals surface area (Å²) in [5.74, 6) is -2.01. The Hall–Kier alpha value is -2.19. The summed E-state index contributed by atoms with van der Waals surface area (Å²) in [6.07, 6.45) is 1.24. The van der Waals surface area contributed by atoms with Gasteiger partial charge in [-0.1, -0.05) is 35.5 Å². The third-order valence-electron chi connectivity index (χ3n) is 3.57. The Morgan fingerprint density at radius 3 is 2.00 bits per heavy atom. The van der Waals surface area contributed by atoms with Gasteiger partial charge in [-0.2, -0.15) is 0 Å². The van der Waals surface area contributed by atoms with Gasteiger partial charge in [0.25, 0.3) is 0 Å². The summed E-state index contributed by atoms with van der Waals surface area (Å²) in [7, 11) is -3.85. The minimum Gasteiger partial charge on any atom is -0.481 e. The monoisotopic (exact) mass is 455 g/mol. The summed E-state index contributed by atoms with van der Waals surface area (Å²) >= 11 is 0. The van der Waals surface area contributed by atoms with Crippen LogP contribution in [0.2, 0.25) is 0 Å². The molecule has 31 heavy (non-hydrogen) atoms. The fourth-order valence-corrected chi connectivity index (χ4v) is 3.71. The number of benzene rings is 1. The van der Waals surface area contributed by atoms with E-state index in [1.165, 1.54) is 6.08 Å². The molecule has 1 aromatic rings. The zero-order chi connectivity index (χ0) is 23.9. The maximum Gasteiger partial charge on any atom is 0.388 e. The van der Waals surface area contributed by atoms with Gasteiger partial charge in [0.1, 0.15) is 6.04 Å². The highest BCUT2D eigenvalue weighted by Crippen LogP contribution is 2.53. The molecule has 1 aromatic carbocycles. The van der Waals surface area contributed by atoms with Crippen molar-refractivity contribution in [3.05, 3.63) is 58.5 Å². The van der Waals surface area contributed by atoms with E-state index < -0.39 is 36.7 Å². The van der Waals surface area contributed by atoms with Crippen LogP contribution in [-0.4, -0.2) is 28.3 Å². The number of hydrogen-bond donors (Lipinski definition) is 1. The molecule has 0 aliphatic heterocycles. The summed E-state index contributed by atoms with van der Waals surface area (Å²) in [6, 6.07) is 5.18. The zero-order valence-corrected chi connectivity index (χ0v) is 19.5. The Kier molecular flexibility index (Phi) is 9.44. The summed E-state index contributed by atoms with van der Waals surface area (Å²) < 4.78 is 23.5. The molecule has 0 heterocycles. The highest BCUT2D eigenvalue weighted by Gasteiger charge is 2.33. The van der Waals surface area contributed by atoms with E-state index in [1.54, 1.807) is 65.8 Å². The van der Waals surface area contributed by atoms with Crippen molar-refractivity contribution in [2.45, 2.75) is 70.9 Å². The summed E-state index contributed by atoms with van der Waals surface area (Å²) in [5, 5.41) is 12.7. The van der Waals surface area contributed by atoms with Crippen LogP contribution in [0, 0.1) is 0 Å². The first-order valence-electron chi connectivity index (χ1n) is 9.52. The number of carboxylic acids is 1. The van der Waals surface area contributed by atoms with Gasteiger partial charge >= 0.3 is 13.6 Å². The second-order valence-electron chi connectivity index (χ2n) is 8.80. The SMILES string of the molecule is C=C[C@H](c1ccc(CP(=O)(OOC(C)(C)C)OOC(C)(C)C)cc1)[C@H](N=[N+]=[N-])C(=O)O. The molecule has 0 unspecified atom stereocenters. The van der Waals surface area contributed by atoms with Crippen LogP contribution in [0.1, 0.15) is 58.6 Å². The largest absolute Gasteiger partial charge is 0.481 e. The topological polar surface area (TPSA) is 140 Å². The van der Waals surface area contributed by atoms with Crippen LogP contribution in [-0.2, 0) is 34.6 Å². The number of nitrogens with zero attached hydrogens (tertiary/aromatic N) is 3. The number of aliphatic carboxylic acids is 1. The van der Waals surface area contributed by atoms with E-state index in [0.717, 1.165) is 0 Å². The van der Waals surface area contributed by atoms with Gasteiger partial charge < -0.3 is 5.11 Å². The Morgan fingerprint density at radius 2 is 1.65 bits per heavy atom. The Labute approximate surface area is 182 Å². The van der Waals surface area contributed by atoms with E-state index in [1.807, 2.05) is 0 Å². The average molecular weight is 455 g/mol. The minimum atomic E-state index is -3.85. The van der Waals surface area contributed by atoms with Crippen molar-refractivity contribution in [3.63, 3.8) is 0 Å². The van der Waals surface area contributed by atoms with Gasteiger partial charge in [-0.25, -0.2) is 9.78 Å². The molecule has 0 spiro atoms. The summed E-state index contributed by atoms with van der Waals surface area (Å²) in [4.78, 5) is 24.4. The highest BCUT2D eigenvalue weighted by atomic mass is 31.2. The van der Waals surface area contributed by atoms with Crippen molar-refractivity contribution >= 4 is 13.6 Å². The van der Waals surface area contributed by atoms with Crippen LogP contribution < -0.4 is 0 Å². The first-order chi connectivity index (χ1) is 14.2. The molecular weight excluding hydrogens is 425 g/mol. The molecular formula is C20H30N3O7P. The first kappa shape index (κ1) is 26.8. The standard InChI is InChI=1S/C20H30N3O7P/c1-8-16(17(18(24)25)22-23-21)15-11-9-14(10-12-15)13-31(26,29-27-19(2,3)4)30-28-20(5,6)7/h8-12,16-17H,1,13H2,2-7H3,(H,24,25)/t16-,17+/m1/s1. The Morgan fingerprint density at radius 1 is 1.16 bits per heavy atom. The number of hydrogen-bond acceptors (Lipinski definition) is 7. The van der Waals surface area contributed by atoms with E-state index in [-0.39, 0.29) is 6.16 Å². The van der Waals surface area contributed by atoms with Gasteiger partial charge in [0.05, 0.1) is 17.4 Å². The Bertz CT molecular complexity index is 829. The summed E-state index contributed by atoms with van der Waals surface area (Å²) in [6.45, 7) is 14.0. The maximum absolute atomic E-state index is 13.2. The van der Waals surface area contributed by atoms with Crippen LogP contribution in [0.25, 0.3) is 10.4 Å². The van der Waals surface area contributed by atoms with Crippen LogP contribution in [0.15, 0.2) is 42.0 Å². The average Bonchev–Trinajstić information content (AvgIpc) is 2.65. The lowest BCUT2D eigenvalue weighted by atomic mass is 9.91. The number of azide groups is 1. The molecule has 172 valence electrons. The lowest BCUT2D eigenvalue weighted by Gasteiger charge is -2.25. The number of carbonyl (C=O) groups is 1. The van der Waals surface area contributed by atoms with Crippen molar-refractivity contribution in [2.24, 2.45) is 5.11 Å². The molecule has 0 saturated heterocycles. The van der Waals surface area contributed by atoms with Gasteiger partial charge in [0.15, 0.2) is 0 Å². The normalized spacial score (nSPS) is 14.4. The van der Waals surface area contributed by atoms with Crippen molar-refractivity contribution in [1.82, 2.24) is 0 Å². The van der Waals surface area contributed by atoms with Crippen LogP contribution in [0.3, 0.4) is 0 Å². The fraction of sp³-hybridized carbons (Fsp3) is 0.550. The molecule has 1 N–H and O–H groups in total. The molecule has 11 heteroatoms. The highest BCUT2D eigenvalue weighted by molar-refractivity contribution is 7.52. The third-order valence-corrected chi connectivity index (χ3v) is 4.92. The van der Waals surface area contributed by atoms with Gasteiger partial charge in [-0.05, 0) is 58.2 Å². The molecule has 0 radical (unpaired) electrons. The Balaban J connectivity index is 3.10. The molecule has 0 fully saturated rings. The summed E-state index contributed by atoms with van der Waals surface area (Å²) in [5.41, 5.74) is 8.32. The molecule has 1 rings (SSSR count). The quantitative estimate of drug-likeness (QED) is 0.0832. The lowest BCUT2D eigenvalue weighted by molar-refractivity contribution is -0.326. The number of carboxylic acid groups (broad SMARTS) is 1. The molecule has 0 aliphatic rings. The van der Waals surface area contributed by atoms with E-state index in [9.17, 15) is 14.5 Å². The van der Waals surface area contributed by atoms with E-state index in [4.69, 9.17) is 24.7 Å². The number of rotatable bonds is 11. The minimum absolute atomic E-state index is 0.156. The van der Waals surface area contributed by atoms with E-state index >= 15 is 0 Å². The van der Waals surface area contributed by atoms with Crippen molar-refractivity contribution in [1.29, 1.82) is 0 Å². The predicted molar refractivity (Wildman–Crippen MR) is 115 cm³/mol. The van der Waals surface area contributed by atoms with Crippen LogP contribution in [0.5, 0.6) is 0 Å². The van der Waals surface area contributed by atoms with Gasteiger partial charge in [-0.3, -0.25) is 9.36 Å². The third kappa shape index (κ3) is 9.65. The van der Waals surface area contributed by atoms with Crippen LogP contribution >= 0.6 is 7.60 Å². The van der Waals surface area contributed by atoms with Crippen molar-refractivity contribution in [2.75, 3.05) is 0 Å². The second kappa shape index (κ2) is 10.9. The zero-order valence-electron chi connectivity index (χ0n) is 18.6. The molecule has 10 nitrogen and oxygen atoms in total. The molecule has 0 aliphatic carbocycles. The maximum atomic E-state index is 13.2. The van der Waals surface area contributed by atoms with Gasteiger partial charge in [0, 0.05) is 10.8 Å².